The van der Waals surface area contributed by atoms with Gasteiger partial charge in [0.05, 0.1) is 17.6 Å². The number of ether oxygens (including phenoxy) is 1. The maximum atomic E-state index is 12.8. The number of morpholine rings is 1. The van der Waals surface area contributed by atoms with Gasteiger partial charge in [-0.05, 0) is 61.6 Å². The summed E-state index contributed by atoms with van der Waals surface area (Å²) in [5.41, 5.74) is 3.15. The Hall–Kier alpha value is -1.93. The van der Waals surface area contributed by atoms with Crippen molar-refractivity contribution in [3.8, 4) is 5.75 Å². The number of benzene rings is 2. The van der Waals surface area contributed by atoms with E-state index in [4.69, 9.17) is 8.92 Å². The first-order valence-corrected chi connectivity index (χ1v) is 11.5. The normalized spacial score (nSPS) is 24.7. The van der Waals surface area contributed by atoms with Crippen molar-refractivity contribution >= 4 is 10.1 Å². The van der Waals surface area contributed by atoms with Gasteiger partial charge in [0.25, 0.3) is 10.1 Å². The van der Waals surface area contributed by atoms with E-state index in [1.807, 2.05) is 13.0 Å². The third-order valence-corrected chi connectivity index (χ3v) is 7.06. The molecule has 1 heterocycles. The predicted molar refractivity (Wildman–Crippen MR) is 109 cm³/mol. The summed E-state index contributed by atoms with van der Waals surface area (Å²) in [6, 6.07) is 12.1. The quantitative estimate of drug-likeness (QED) is 0.750. The lowest BCUT2D eigenvalue weighted by atomic mass is 9.83. The van der Waals surface area contributed by atoms with Gasteiger partial charge >= 0.3 is 0 Å². The molecule has 6 nitrogen and oxygen atoms in total. The standard InChI is InChI=1S/C22H27NO5S/c1-3-12-23-20-11-7-16-6-8-17(24)13-19(16)22(20)27-14-21(23)28-29(25,26)18-9-4-15(2)5-10-18/h4-6,8-10,13,20-22,24H,3,7,11-12,14H2,1-2H3. The van der Waals surface area contributed by atoms with Crippen LogP contribution in [0.4, 0.5) is 0 Å². The topological polar surface area (TPSA) is 76.1 Å². The third-order valence-electron chi connectivity index (χ3n) is 5.74. The summed E-state index contributed by atoms with van der Waals surface area (Å²) >= 11 is 0. The first-order chi connectivity index (χ1) is 13.9. The van der Waals surface area contributed by atoms with E-state index in [-0.39, 0.29) is 29.4 Å². The van der Waals surface area contributed by atoms with Gasteiger partial charge in [-0.25, -0.2) is 4.18 Å². The molecule has 2 aliphatic rings. The molecule has 7 heteroatoms. The fourth-order valence-corrected chi connectivity index (χ4v) is 5.37. The molecule has 0 aromatic heterocycles. The van der Waals surface area contributed by atoms with Crippen LogP contribution in [-0.2, 0) is 25.5 Å². The smallest absolute Gasteiger partial charge is 0.298 e. The van der Waals surface area contributed by atoms with Crippen LogP contribution in [-0.4, -0.2) is 43.8 Å². The fourth-order valence-electron chi connectivity index (χ4n) is 4.33. The minimum Gasteiger partial charge on any atom is -0.508 e. The van der Waals surface area contributed by atoms with Gasteiger partial charge in [0, 0.05) is 12.6 Å². The maximum absolute atomic E-state index is 12.8. The highest BCUT2D eigenvalue weighted by Crippen LogP contribution is 2.41. The minimum absolute atomic E-state index is 0.0104. The largest absolute Gasteiger partial charge is 0.508 e. The molecular weight excluding hydrogens is 390 g/mol. The van der Waals surface area contributed by atoms with Crippen LogP contribution in [0.5, 0.6) is 5.75 Å². The first-order valence-electron chi connectivity index (χ1n) is 10.1. The summed E-state index contributed by atoms with van der Waals surface area (Å²) in [6.45, 7) is 4.85. The highest BCUT2D eigenvalue weighted by atomic mass is 32.2. The van der Waals surface area contributed by atoms with Gasteiger partial charge in [0.15, 0.2) is 6.23 Å². The number of aryl methyl sites for hydroxylation is 2. The van der Waals surface area contributed by atoms with Crippen LogP contribution in [0.15, 0.2) is 47.4 Å². The zero-order valence-electron chi connectivity index (χ0n) is 16.7. The molecule has 4 rings (SSSR count). The van der Waals surface area contributed by atoms with Crippen LogP contribution in [0.1, 0.15) is 42.6 Å². The van der Waals surface area contributed by atoms with E-state index < -0.39 is 16.3 Å². The molecule has 0 amide bonds. The molecule has 0 bridgehead atoms. The molecule has 2 aromatic carbocycles. The second-order valence-corrected chi connectivity index (χ2v) is 9.37. The average Bonchev–Trinajstić information content (AvgIpc) is 2.69. The Morgan fingerprint density at radius 3 is 2.69 bits per heavy atom. The highest BCUT2D eigenvalue weighted by Gasteiger charge is 2.43. The van der Waals surface area contributed by atoms with Crippen molar-refractivity contribution in [1.82, 2.24) is 4.90 Å². The Balaban J connectivity index is 1.59. The van der Waals surface area contributed by atoms with Gasteiger partial charge in [-0.2, -0.15) is 8.42 Å². The Kier molecular flexibility index (Phi) is 5.66. The summed E-state index contributed by atoms with van der Waals surface area (Å²) in [6.07, 6.45) is 1.73. The fraction of sp³-hybridized carbons (Fsp3) is 0.455. The summed E-state index contributed by atoms with van der Waals surface area (Å²) in [4.78, 5) is 2.27. The molecule has 1 saturated heterocycles. The predicted octanol–water partition coefficient (Wildman–Crippen LogP) is 3.53. The van der Waals surface area contributed by atoms with Crippen molar-refractivity contribution in [3.63, 3.8) is 0 Å². The van der Waals surface area contributed by atoms with Gasteiger partial charge in [-0.15, -0.1) is 0 Å². The zero-order valence-corrected chi connectivity index (χ0v) is 17.6. The van der Waals surface area contributed by atoms with Gasteiger partial charge < -0.3 is 9.84 Å². The number of phenols is 1. The number of nitrogens with zero attached hydrogens (tertiary/aromatic N) is 1. The second kappa shape index (κ2) is 8.07. The molecule has 1 N–H and O–H groups in total. The molecule has 1 aliphatic heterocycles. The number of hydrogen-bond acceptors (Lipinski definition) is 6. The van der Waals surface area contributed by atoms with Gasteiger partial charge in [-0.3, -0.25) is 4.90 Å². The molecule has 29 heavy (non-hydrogen) atoms. The van der Waals surface area contributed by atoms with Crippen molar-refractivity contribution < 1.29 is 22.4 Å². The molecule has 3 atom stereocenters. The van der Waals surface area contributed by atoms with Crippen LogP contribution in [0, 0.1) is 6.92 Å². The van der Waals surface area contributed by atoms with Crippen molar-refractivity contribution in [2.24, 2.45) is 0 Å². The zero-order chi connectivity index (χ0) is 20.6. The Morgan fingerprint density at radius 1 is 1.21 bits per heavy atom. The van der Waals surface area contributed by atoms with Crippen molar-refractivity contribution in [2.45, 2.75) is 56.4 Å². The number of rotatable bonds is 5. The van der Waals surface area contributed by atoms with E-state index in [0.717, 1.165) is 30.4 Å². The molecule has 0 radical (unpaired) electrons. The van der Waals surface area contributed by atoms with Crippen molar-refractivity contribution in [3.05, 3.63) is 59.2 Å². The van der Waals surface area contributed by atoms with E-state index >= 15 is 0 Å². The Labute approximate surface area is 172 Å². The molecule has 3 unspecified atom stereocenters. The summed E-state index contributed by atoms with van der Waals surface area (Å²) < 4.78 is 37.4. The second-order valence-electron chi connectivity index (χ2n) is 7.80. The van der Waals surface area contributed by atoms with E-state index in [2.05, 4.69) is 11.8 Å². The lowest BCUT2D eigenvalue weighted by molar-refractivity contribution is -0.166. The van der Waals surface area contributed by atoms with Crippen molar-refractivity contribution in [1.29, 1.82) is 0 Å². The minimum atomic E-state index is -3.89. The average molecular weight is 418 g/mol. The van der Waals surface area contributed by atoms with E-state index in [1.165, 1.54) is 5.56 Å². The SMILES string of the molecule is CCCN1C(OS(=O)(=O)c2ccc(C)cc2)COC2c3cc(O)ccc3CCC21. The van der Waals surface area contributed by atoms with Crippen LogP contribution < -0.4 is 0 Å². The summed E-state index contributed by atoms with van der Waals surface area (Å²) in [5, 5.41) is 9.92. The van der Waals surface area contributed by atoms with E-state index in [1.54, 1.807) is 36.4 Å². The number of aromatic hydroxyl groups is 1. The first kappa shape index (κ1) is 20.3. The summed E-state index contributed by atoms with van der Waals surface area (Å²) in [7, 11) is -3.89. The van der Waals surface area contributed by atoms with E-state index in [0.29, 0.717) is 6.54 Å². The van der Waals surface area contributed by atoms with Gasteiger partial charge in [-0.1, -0.05) is 30.7 Å². The highest BCUT2D eigenvalue weighted by molar-refractivity contribution is 7.86. The molecule has 2 aromatic rings. The Bertz CT molecular complexity index is 973. The van der Waals surface area contributed by atoms with Crippen LogP contribution in [0.25, 0.3) is 0 Å². The molecule has 156 valence electrons. The number of fused-ring (bicyclic) bond motifs is 3. The molecular formula is C22H27NO5S. The van der Waals surface area contributed by atoms with E-state index in [9.17, 15) is 13.5 Å². The van der Waals surface area contributed by atoms with Gasteiger partial charge in [0.2, 0.25) is 0 Å². The lowest BCUT2D eigenvalue weighted by Crippen LogP contribution is -2.56. The Morgan fingerprint density at radius 2 is 1.97 bits per heavy atom. The van der Waals surface area contributed by atoms with Crippen LogP contribution in [0.2, 0.25) is 0 Å². The molecule has 1 fully saturated rings. The molecule has 1 aliphatic carbocycles. The third kappa shape index (κ3) is 4.05. The molecule has 0 saturated carbocycles. The monoisotopic (exact) mass is 417 g/mol. The maximum Gasteiger partial charge on any atom is 0.298 e. The van der Waals surface area contributed by atoms with Crippen LogP contribution >= 0.6 is 0 Å². The van der Waals surface area contributed by atoms with Crippen LogP contribution in [0.3, 0.4) is 0 Å². The molecule has 0 spiro atoms. The van der Waals surface area contributed by atoms with Crippen molar-refractivity contribution in [2.75, 3.05) is 13.2 Å². The summed E-state index contributed by atoms with van der Waals surface area (Å²) in [5.74, 6) is 0.218. The lowest BCUT2D eigenvalue weighted by Gasteiger charge is -2.47. The number of hydrogen-bond donors (Lipinski definition) is 1. The van der Waals surface area contributed by atoms with Gasteiger partial charge in [0.1, 0.15) is 5.75 Å². The number of phenolic OH excluding ortho intramolecular Hbond substituents is 1.